The molecule has 0 aromatic carbocycles. The molecule has 6 saturated heterocycles. The molecule has 0 saturated carbocycles. The van der Waals surface area contributed by atoms with Gasteiger partial charge in [0.25, 0.3) is 0 Å². The monoisotopic (exact) mass is 1160 g/mol. The molecule has 24 nitrogen and oxygen atoms in total. The Kier molecular flexibility index (Phi) is 22.2. The minimum Gasteiger partial charge on any atom is -0.417 e. The molecule has 6 aliphatic heterocycles. The SMILES string of the molecule is CC(C)(C)[Si](C)(C)OCC1CCN(c2ccc(N)nn2)CC1.CN(C)[C@@H]1CCN(c2ccc(N)nn2)C[C@@H]1F.C[C@@H]1CCN(c2ccc(N)nn2)C1.C[C@H]1CCN(c2ccc(N)nn2)C1.Nc1ccc(N2CCC3(CC2)CNC(=O)C3)nn1. The minimum absolute atomic E-state index is 0.00649. The number of piperidine rings is 3. The lowest BCUT2D eigenvalue weighted by atomic mass is 9.78. The number of hydrogen-bond donors (Lipinski definition) is 6. The Labute approximate surface area is 491 Å². The topological polar surface area (TPSA) is 317 Å². The molecule has 4 atom stereocenters. The summed E-state index contributed by atoms with van der Waals surface area (Å²) in [5.74, 6) is 9.02. The molecule has 6 fully saturated rings. The smallest absolute Gasteiger partial charge is 0.220 e. The van der Waals surface area contributed by atoms with Crippen LogP contribution in [-0.2, 0) is 9.22 Å². The number of carbonyl (C=O) groups excluding carboxylic acids is 1. The van der Waals surface area contributed by atoms with Crippen molar-refractivity contribution >= 4 is 72.4 Å². The highest BCUT2D eigenvalue weighted by molar-refractivity contribution is 6.74. The predicted octanol–water partition coefficient (Wildman–Crippen LogP) is 5.81. The normalized spacial score (nSPS) is 21.7. The van der Waals surface area contributed by atoms with Crippen LogP contribution in [0.15, 0.2) is 60.7 Å². The molecule has 454 valence electrons. The van der Waals surface area contributed by atoms with Crippen molar-refractivity contribution in [3.8, 4) is 0 Å². The molecule has 26 heteroatoms. The average molecular weight is 1170 g/mol. The van der Waals surface area contributed by atoms with E-state index >= 15 is 0 Å². The van der Waals surface area contributed by atoms with Gasteiger partial charge in [-0.3, -0.25) is 4.79 Å². The summed E-state index contributed by atoms with van der Waals surface area (Å²) in [6, 6.07) is 18.4. The van der Waals surface area contributed by atoms with E-state index in [1.807, 2.05) is 54.2 Å². The standard InChI is InChI=1S/C16H30N4OSi.C12H17N5O.C11H18FN5.2C9H14N4/c1-16(2,3)22(4,5)21-12-13-8-10-20(11-9-13)15-7-6-14(17)18-19-15;13-9-1-2-10(16-15-9)17-5-3-12(4-6-17)7-11(18)14-8-12;1-16(2)9-5-6-17(7-8(9)12)11-4-3-10(13)14-15-11;2*1-7-4-5-13(6-7)9-3-2-8(10)11-12-9/h6-7,13H,8-12H2,1-5H3,(H2,17,18);1-2H,3-8H2,(H2,13,15)(H,14,18);3-4,8-9H,5-7H2,1-2H3,(H2,13,14);2*2-3,7H,4-6H2,1H3,(H2,10,11)/t;;8-,9+;2*7-/m..010/s1. The summed E-state index contributed by atoms with van der Waals surface area (Å²) in [5.41, 5.74) is 27.7. The highest BCUT2D eigenvalue weighted by Gasteiger charge is 2.41. The highest BCUT2D eigenvalue weighted by atomic mass is 28.4. The number of nitrogens with one attached hydrogen (secondary N) is 1. The number of nitrogens with two attached hydrogens (primary N) is 5. The maximum absolute atomic E-state index is 14.0. The van der Waals surface area contributed by atoms with Gasteiger partial charge < -0.3 is 67.8 Å². The molecule has 83 heavy (non-hydrogen) atoms. The summed E-state index contributed by atoms with van der Waals surface area (Å²) in [4.78, 5) is 24.2. The van der Waals surface area contributed by atoms with Crippen LogP contribution in [0.1, 0.15) is 86.0 Å². The average Bonchev–Trinajstić information content (AvgIpc) is 4.45. The fraction of sp³-hybridized carbons (Fsp3) is 0.632. The lowest BCUT2D eigenvalue weighted by Gasteiger charge is -2.39. The minimum atomic E-state index is -1.63. The van der Waals surface area contributed by atoms with Gasteiger partial charge in [0, 0.05) is 84.5 Å². The molecule has 6 aliphatic rings. The van der Waals surface area contributed by atoms with Crippen LogP contribution in [0.2, 0.25) is 18.1 Å². The van der Waals surface area contributed by atoms with E-state index in [1.54, 1.807) is 30.3 Å². The van der Waals surface area contributed by atoms with Crippen LogP contribution in [0, 0.1) is 23.2 Å². The Morgan fingerprint density at radius 1 is 0.566 bits per heavy atom. The number of anilines is 10. The summed E-state index contributed by atoms with van der Waals surface area (Å²) in [7, 11) is 2.20. The number of hydrogen-bond acceptors (Lipinski definition) is 23. The molecule has 5 aromatic heterocycles. The van der Waals surface area contributed by atoms with E-state index in [0.717, 1.165) is 139 Å². The Morgan fingerprint density at radius 3 is 1.24 bits per heavy atom. The molecule has 0 radical (unpaired) electrons. The first-order valence-corrected chi connectivity index (χ1v) is 32.3. The third-order valence-corrected chi connectivity index (χ3v) is 21.6. The van der Waals surface area contributed by atoms with E-state index in [0.29, 0.717) is 53.8 Å². The van der Waals surface area contributed by atoms with E-state index in [2.05, 4.69) is 124 Å². The number of carbonyl (C=O) groups is 1. The predicted molar refractivity (Wildman–Crippen MR) is 333 cm³/mol. The summed E-state index contributed by atoms with van der Waals surface area (Å²) in [5, 5.41) is 42.8. The maximum atomic E-state index is 14.0. The molecule has 11 rings (SSSR count). The van der Waals surface area contributed by atoms with Crippen molar-refractivity contribution in [1.82, 2.24) is 61.2 Å². The first-order chi connectivity index (χ1) is 39.4. The van der Waals surface area contributed by atoms with E-state index < -0.39 is 14.5 Å². The number of halogens is 1. The van der Waals surface area contributed by atoms with E-state index in [-0.39, 0.29) is 22.4 Å². The van der Waals surface area contributed by atoms with Crippen molar-refractivity contribution in [2.45, 2.75) is 116 Å². The lowest BCUT2D eigenvalue weighted by molar-refractivity contribution is -0.119. The zero-order chi connectivity index (χ0) is 59.9. The number of nitrogen functional groups attached to an aromatic ring is 5. The zero-order valence-corrected chi connectivity index (χ0v) is 51.5. The van der Waals surface area contributed by atoms with Crippen molar-refractivity contribution in [2.75, 3.05) is 146 Å². The molecule has 1 amide bonds. The van der Waals surface area contributed by atoms with Gasteiger partial charge in [-0.1, -0.05) is 34.6 Å². The molecule has 1 spiro atoms. The quantitative estimate of drug-likeness (QED) is 0.0949. The van der Waals surface area contributed by atoms with E-state index in [1.165, 1.54) is 12.8 Å². The lowest BCUT2D eigenvalue weighted by Crippen LogP contribution is -2.50. The third-order valence-electron chi connectivity index (χ3n) is 17.1. The van der Waals surface area contributed by atoms with Gasteiger partial charge in [-0.25, -0.2) is 4.39 Å². The Hall–Kier alpha value is -7.06. The second-order valence-electron chi connectivity index (χ2n) is 25.0. The molecule has 0 unspecified atom stereocenters. The molecule has 11 N–H and O–H groups in total. The first-order valence-electron chi connectivity index (χ1n) is 29.4. The summed E-state index contributed by atoms with van der Waals surface area (Å²) in [6.45, 7) is 27.1. The van der Waals surface area contributed by atoms with Crippen LogP contribution < -0.4 is 58.5 Å². The van der Waals surface area contributed by atoms with Gasteiger partial charge in [0.2, 0.25) is 5.91 Å². The highest BCUT2D eigenvalue weighted by Crippen LogP contribution is 2.39. The van der Waals surface area contributed by atoms with Crippen LogP contribution in [0.25, 0.3) is 0 Å². The maximum Gasteiger partial charge on any atom is 0.220 e. The molecule has 11 heterocycles. The molecular formula is C57H93FN22O2Si. The van der Waals surface area contributed by atoms with E-state index in [4.69, 9.17) is 33.1 Å². The number of nitrogens with zero attached hydrogens (tertiary/aromatic N) is 16. The van der Waals surface area contributed by atoms with Gasteiger partial charge in [0.05, 0.1) is 6.54 Å². The largest absolute Gasteiger partial charge is 0.417 e. The van der Waals surface area contributed by atoms with Crippen molar-refractivity contribution in [3.63, 3.8) is 0 Å². The van der Waals surface area contributed by atoms with Gasteiger partial charge in [0.1, 0.15) is 35.3 Å². The van der Waals surface area contributed by atoms with Crippen molar-refractivity contribution in [1.29, 1.82) is 0 Å². The fourth-order valence-electron chi connectivity index (χ4n) is 10.7. The van der Waals surface area contributed by atoms with Gasteiger partial charge >= 0.3 is 0 Å². The van der Waals surface area contributed by atoms with Crippen LogP contribution >= 0.6 is 0 Å². The van der Waals surface area contributed by atoms with E-state index in [9.17, 15) is 9.18 Å². The third kappa shape index (κ3) is 18.7. The first kappa shape index (κ1) is 63.5. The summed E-state index contributed by atoms with van der Waals surface area (Å²) in [6.07, 6.45) is 7.45. The summed E-state index contributed by atoms with van der Waals surface area (Å²) >= 11 is 0. The number of amides is 1. The van der Waals surface area contributed by atoms with Crippen LogP contribution in [-0.4, -0.2) is 175 Å². The van der Waals surface area contributed by atoms with Crippen LogP contribution in [0.3, 0.4) is 0 Å². The number of rotatable bonds is 9. The van der Waals surface area contributed by atoms with Gasteiger partial charge in [-0.2, -0.15) is 0 Å². The van der Waals surface area contributed by atoms with Crippen molar-refractivity contribution < 1.29 is 13.6 Å². The van der Waals surface area contributed by atoms with Gasteiger partial charge in [-0.05, 0) is 161 Å². The fourth-order valence-corrected chi connectivity index (χ4v) is 11.8. The molecule has 0 bridgehead atoms. The zero-order valence-electron chi connectivity index (χ0n) is 50.5. The van der Waals surface area contributed by atoms with Crippen molar-refractivity contribution in [2.24, 2.45) is 23.2 Å². The summed E-state index contributed by atoms with van der Waals surface area (Å²) < 4.78 is 20.3. The number of alkyl halides is 1. The Balaban J connectivity index is 0.000000151. The number of aromatic nitrogens is 10. The van der Waals surface area contributed by atoms with Crippen LogP contribution in [0.4, 0.5) is 62.6 Å². The van der Waals surface area contributed by atoms with Crippen LogP contribution in [0.5, 0.6) is 0 Å². The van der Waals surface area contributed by atoms with Gasteiger partial charge in [-0.15, -0.1) is 51.0 Å². The molecular weight excluding hydrogens is 1070 g/mol. The second kappa shape index (κ2) is 29.0. The Morgan fingerprint density at radius 2 is 0.928 bits per heavy atom. The Bertz CT molecular complexity index is 2670. The van der Waals surface area contributed by atoms with Gasteiger partial charge in [0.15, 0.2) is 37.4 Å². The molecule has 0 aliphatic carbocycles. The molecule has 5 aromatic rings. The van der Waals surface area contributed by atoms with Crippen molar-refractivity contribution in [3.05, 3.63) is 60.7 Å². The second-order valence-corrected chi connectivity index (χ2v) is 29.8.